The fourth-order valence-corrected chi connectivity index (χ4v) is 1.90. The van der Waals surface area contributed by atoms with Crippen LogP contribution < -0.4 is 4.90 Å². The minimum Gasteiger partial charge on any atom is -0.467 e. The number of carbonyl (C=O) groups is 1. The minimum absolute atomic E-state index is 0.157. The third-order valence-corrected chi connectivity index (χ3v) is 2.72. The number of anilines is 1. The molecule has 0 saturated heterocycles. The SMILES string of the molecule is CC(=O)c1cccc(F)c1N(C)Cc1ccco1. The fraction of sp³-hybridized carbons (Fsp3) is 0.214. The number of rotatable bonds is 4. The summed E-state index contributed by atoms with van der Waals surface area (Å²) >= 11 is 0. The van der Waals surface area contributed by atoms with Crippen molar-refractivity contribution in [1.29, 1.82) is 0 Å². The van der Waals surface area contributed by atoms with Crippen LogP contribution >= 0.6 is 0 Å². The van der Waals surface area contributed by atoms with Gasteiger partial charge >= 0.3 is 0 Å². The molecule has 0 fully saturated rings. The number of furan rings is 1. The predicted molar refractivity (Wildman–Crippen MR) is 67.2 cm³/mol. The Morgan fingerprint density at radius 3 is 2.72 bits per heavy atom. The van der Waals surface area contributed by atoms with E-state index in [1.165, 1.54) is 19.1 Å². The third kappa shape index (κ3) is 2.42. The van der Waals surface area contributed by atoms with Crippen LogP contribution in [0.25, 0.3) is 0 Å². The van der Waals surface area contributed by atoms with Crippen LogP contribution in [-0.4, -0.2) is 12.8 Å². The number of halogens is 1. The summed E-state index contributed by atoms with van der Waals surface area (Å²) in [5, 5.41) is 0. The van der Waals surface area contributed by atoms with Gasteiger partial charge in [-0.25, -0.2) is 4.39 Å². The van der Waals surface area contributed by atoms with Crippen molar-refractivity contribution in [2.45, 2.75) is 13.5 Å². The molecule has 0 bridgehead atoms. The molecule has 18 heavy (non-hydrogen) atoms. The molecule has 0 radical (unpaired) electrons. The molecule has 0 atom stereocenters. The minimum atomic E-state index is -0.406. The van der Waals surface area contributed by atoms with Crippen LogP contribution in [0, 0.1) is 5.82 Å². The Hall–Kier alpha value is -2.10. The highest BCUT2D eigenvalue weighted by atomic mass is 19.1. The molecule has 2 aromatic rings. The van der Waals surface area contributed by atoms with Crippen LogP contribution in [0.1, 0.15) is 23.0 Å². The lowest BCUT2D eigenvalue weighted by atomic mass is 10.1. The first kappa shape index (κ1) is 12.4. The van der Waals surface area contributed by atoms with Crippen molar-refractivity contribution in [3.05, 3.63) is 53.7 Å². The van der Waals surface area contributed by atoms with Gasteiger partial charge in [-0.3, -0.25) is 4.79 Å². The first-order valence-corrected chi connectivity index (χ1v) is 5.62. The van der Waals surface area contributed by atoms with E-state index in [-0.39, 0.29) is 5.78 Å². The number of hydrogen-bond donors (Lipinski definition) is 0. The largest absolute Gasteiger partial charge is 0.467 e. The monoisotopic (exact) mass is 247 g/mol. The molecule has 0 spiro atoms. The Morgan fingerprint density at radius 1 is 1.33 bits per heavy atom. The highest BCUT2D eigenvalue weighted by molar-refractivity contribution is 5.99. The lowest BCUT2D eigenvalue weighted by molar-refractivity contribution is 0.101. The summed E-state index contributed by atoms with van der Waals surface area (Å²) in [6.07, 6.45) is 1.57. The van der Waals surface area contributed by atoms with E-state index in [0.717, 1.165) is 5.76 Å². The average Bonchev–Trinajstić information content (AvgIpc) is 2.81. The predicted octanol–water partition coefficient (Wildman–Crippen LogP) is 3.26. The standard InChI is InChI=1S/C14H14FNO2/c1-10(17)12-6-3-7-13(15)14(12)16(2)9-11-5-4-8-18-11/h3-8H,9H2,1-2H3. The van der Waals surface area contributed by atoms with Gasteiger partial charge in [0.05, 0.1) is 18.5 Å². The second kappa shape index (κ2) is 5.04. The van der Waals surface area contributed by atoms with Crippen molar-refractivity contribution < 1.29 is 13.6 Å². The third-order valence-electron chi connectivity index (χ3n) is 2.72. The van der Waals surface area contributed by atoms with Crippen molar-refractivity contribution in [3.63, 3.8) is 0 Å². The number of hydrogen-bond acceptors (Lipinski definition) is 3. The van der Waals surface area contributed by atoms with E-state index in [1.807, 2.05) is 6.07 Å². The van der Waals surface area contributed by atoms with E-state index >= 15 is 0 Å². The average molecular weight is 247 g/mol. The Bertz CT molecular complexity index is 549. The normalized spacial score (nSPS) is 10.4. The van der Waals surface area contributed by atoms with Crippen LogP contribution in [0.4, 0.5) is 10.1 Å². The summed E-state index contributed by atoms with van der Waals surface area (Å²) in [4.78, 5) is 13.2. The number of benzene rings is 1. The van der Waals surface area contributed by atoms with Crippen LogP contribution in [0.15, 0.2) is 41.0 Å². The summed E-state index contributed by atoms with van der Waals surface area (Å²) in [5.41, 5.74) is 0.686. The summed E-state index contributed by atoms with van der Waals surface area (Å²) in [7, 11) is 1.73. The molecule has 0 saturated carbocycles. The smallest absolute Gasteiger partial charge is 0.161 e. The number of ketones is 1. The Morgan fingerprint density at radius 2 is 2.11 bits per heavy atom. The lowest BCUT2D eigenvalue weighted by Gasteiger charge is -2.21. The Kier molecular flexibility index (Phi) is 3.46. The number of nitrogens with zero attached hydrogens (tertiary/aromatic N) is 1. The van der Waals surface area contributed by atoms with Gasteiger partial charge in [-0.2, -0.15) is 0 Å². The first-order chi connectivity index (χ1) is 8.59. The molecule has 4 heteroatoms. The van der Waals surface area contributed by atoms with Gasteiger partial charge in [-0.15, -0.1) is 0 Å². The van der Waals surface area contributed by atoms with Gasteiger partial charge in [0.1, 0.15) is 11.6 Å². The molecule has 94 valence electrons. The van der Waals surface area contributed by atoms with Gasteiger partial charge in [-0.1, -0.05) is 6.07 Å². The van der Waals surface area contributed by atoms with E-state index in [4.69, 9.17) is 4.42 Å². The van der Waals surface area contributed by atoms with E-state index in [9.17, 15) is 9.18 Å². The van der Waals surface area contributed by atoms with E-state index in [1.54, 1.807) is 30.3 Å². The van der Waals surface area contributed by atoms with Crippen LogP contribution in [-0.2, 0) is 6.54 Å². The molecule has 0 N–H and O–H groups in total. The zero-order valence-electron chi connectivity index (χ0n) is 10.3. The summed E-state index contributed by atoms with van der Waals surface area (Å²) < 4.78 is 19.1. The molecule has 0 amide bonds. The maximum atomic E-state index is 13.9. The van der Waals surface area contributed by atoms with Crippen LogP contribution in [0.3, 0.4) is 0 Å². The van der Waals surface area contributed by atoms with Gasteiger partial charge in [0.15, 0.2) is 5.78 Å². The van der Waals surface area contributed by atoms with Gasteiger partial charge in [0.2, 0.25) is 0 Å². The van der Waals surface area contributed by atoms with Gasteiger partial charge in [-0.05, 0) is 31.2 Å². The molecule has 2 rings (SSSR count). The molecular weight excluding hydrogens is 233 g/mol. The van der Waals surface area contributed by atoms with Gasteiger partial charge in [0.25, 0.3) is 0 Å². The molecule has 1 aromatic heterocycles. The number of para-hydroxylation sites is 1. The van der Waals surface area contributed by atoms with Crippen molar-refractivity contribution in [3.8, 4) is 0 Å². The molecule has 0 aliphatic heterocycles. The summed E-state index contributed by atoms with van der Waals surface area (Å²) in [6, 6.07) is 8.09. The lowest BCUT2D eigenvalue weighted by Crippen LogP contribution is -2.20. The quantitative estimate of drug-likeness (QED) is 0.777. The highest BCUT2D eigenvalue weighted by Crippen LogP contribution is 2.25. The fourth-order valence-electron chi connectivity index (χ4n) is 1.90. The Labute approximate surface area is 105 Å². The van der Waals surface area contributed by atoms with Gasteiger partial charge < -0.3 is 9.32 Å². The van der Waals surface area contributed by atoms with E-state index < -0.39 is 5.82 Å². The second-order valence-corrected chi connectivity index (χ2v) is 4.13. The van der Waals surface area contributed by atoms with E-state index in [0.29, 0.717) is 17.8 Å². The summed E-state index contributed by atoms with van der Waals surface area (Å²) in [6.45, 7) is 1.84. The van der Waals surface area contributed by atoms with Crippen molar-refractivity contribution >= 4 is 11.5 Å². The molecule has 1 aromatic carbocycles. The molecule has 3 nitrogen and oxygen atoms in total. The molecule has 0 aliphatic rings. The Balaban J connectivity index is 2.34. The van der Waals surface area contributed by atoms with Gasteiger partial charge in [0, 0.05) is 12.6 Å². The van der Waals surface area contributed by atoms with Crippen molar-refractivity contribution in [2.24, 2.45) is 0 Å². The maximum Gasteiger partial charge on any atom is 0.161 e. The highest BCUT2D eigenvalue weighted by Gasteiger charge is 2.16. The molecule has 0 unspecified atom stereocenters. The molecule has 0 aliphatic carbocycles. The van der Waals surface area contributed by atoms with Crippen molar-refractivity contribution in [2.75, 3.05) is 11.9 Å². The first-order valence-electron chi connectivity index (χ1n) is 5.62. The number of carbonyl (C=O) groups excluding carboxylic acids is 1. The maximum absolute atomic E-state index is 13.9. The zero-order valence-corrected chi connectivity index (χ0v) is 10.3. The topological polar surface area (TPSA) is 33.5 Å². The molecule has 1 heterocycles. The van der Waals surface area contributed by atoms with E-state index in [2.05, 4.69) is 0 Å². The summed E-state index contributed by atoms with van der Waals surface area (Å²) in [5.74, 6) is 0.155. The second-order valence-electron chi connectivity index (χ2n) is 4.13. The zero-order chi connectivity index (χ0) is 13.1. The molecular formula is C14H14FNO2. The number of Topliss-reactive ketones (excluding diaryl/α,β-unsaturated/α-hetero) is 1. The van der Waals surface area contributed by atoms with Crippen LogP contribution in [0.2, 0.25) is 0 Å². The van der Waals surface area contributed by atoms with Crippen LogP contribution in [0.5, 0.6) is 0 Å². The van der Waals surface area contributed by atoms with Crippen molar-refractivity contribution in [1.82, 2.24) is 0 Å².